The lowest BCUT2D eigenvalue weighted by Crippen LogP contribution is -2.31. The zero-order chi connectivity index (χ0) is 22.4. The van der Waals surface area contributed by atoms with Crippen LogP contribution in [0.4, 0.5) is 0 Å². The summed E-state index contributed by atoms with van der Waals surface area (Å²) in [6.07, 6.45) is 0.949. The lowest BCUT2D eigenvalue weighted by atomic mass is 10.1. The molecule has 164 valence electrons. The second-order valence-electron chi connectivity index (χ2n) is 8.09. The lowest BCUT2D eigenvalue weighted by Gasteiger charge is -2.14. The number of carbonyl (C=O) groups excluding carboxylic acids is 1. The third-order valence-corrected chi connectivity index (χ3v) is 5.26. The number of aromatic nitrogens is 2. The zero-order valence-electron chi connectivity index (χ0n) is 19.1. The van der Waals surface area contributed by atoms with Gasteiger partial charge >= 0.3 is 0 Å². The van der Waals surface area contributed by atoms with Gasteiger partial charge in [-0.05, 0) is 64.5 Å². The van der Waals surface area contributed by atoms with Gasteiger partial charge in [-0.25, -0.2) is 0 Å². The molecule has 0 saturated carbocycles. The van der Waals surface area contributed by atoms with Crippen LogP contribution < -0.4 is 10.1 Å². The van der Waals surface area contributed by atoms with Crippen LogP contribution in [0.25, 0.3) is 5.69 Å². The third kappa shape index (κ3) is 5.73. The van der Waals surface area contributed by atoms with Gasteiger partial charge in [0, 0.05) is 25.1 Å². The summed E-state index contributed by atoms with van der Waals surface area (Å²) in [7, 11) is 3.98. The van der Waals surface area contributed by atoms with Crippen LogP contribution in [-0.2, 0) is 11.2 Å². The SMILES string of the molecule is Cc1ccccc1Oc1c(CCC(=O)NCCN(C)C)c(C)nn1-c1ccccc1C. The molecule has 1 N–H and O–H groups in total. The highest BCUT2D eigenvalue weighted by molar-refractivity contribution is 5.76. The smallest absolute Gasteiger partial charge is 0.226 e. The topological polar surface area (TPSA) is 59.4 Å². The molecule has 3 rings (SSSR count). The molecule has 0 unspecified atom stereocenters. The summed E-state index contributed by atoms with van der Waals surface area (Å²) in [4.78, 5) is 14.4. The first-order valence-electron chi connectivity index (χ1n) is 10.7. The molecule has 0 aliphatic rings. The number of para-hydroxylation sites is 2. The van der Waals surface area contributed by atoms with Crippen LogP contribution in [-0.4, -0.2) is 47.8 Å². The molecule has 0 aliphatic heterocycles. The number of hydrogen-bond donors (Lipinski definition) is 1. The highest BCUT2D eigenvalue weighted by Gasteiger charge is 2.21. The maximum atomic E-state index is 12.4. The molecule has 1 aromatic heterocycles. The summed E-state index contributed by atoms with van der Waals surface area (Å²) in [5, 5.41) is 7.77. The van der Waals surface area contributed by atoms with E-state index in [1.165, 1.54) is 0 Å². The summed E-state index contributed by atoms with van der Waals surface area (Å²) >= 11 is 0. The maximum Gasteiger partial charge on any atom is 0.226 e. The lowest BCUT2D eigenvalue weighted by molar-refractivity contribution is -0.121. The van der Waals surface area contributed by atoms with Crippen molar-refractivity contribution in [1.29, 1.82) is 0 Å². The normalized spacial score (nSPS) is 11.0. The molecule has 0 spiro atoms. The fraction of sp³-hybridized carbons (Fsp3) is 0.360. The van der Waals surface area contributed by atoms with Crippen LogP contribution in [0, 0.1) is 20.8 Å². The van der Waals surface area contributed by atoms with Gasteiger partial charge in [-0.3, -0.25) is 4.79 Å². The molecule has 0 aliphatic carbocycles. The van der Waals surface area contributed by atoms with Gasteiger partial charge in [0.1, 0.15) is 5.75 Å². The Morgan fingerprint density at radius 1 is 1.03 bits per heavy atom. The van der Waals surface area contributed by atoms with Crippen LogP contribution in [0.2, 0.25) is 0 Å². The number of nitrogens with zero attached hydrogens (tertiary/aromatic N) is 3. The number of ether oxygens (including phenoxy) is 1. The van der Waals surface area contributed by atoms with E-state index in [1.54, 1.807) is 0 Å². The third-order valence-electron chi connectivity index (χ3n) is 5.26. The molecule has 6 heteroatoms. The van der Waals surface area contributed by atoms with Crippen LogP contribution in [0.1, 0.15) is 28.8 Å². The Balaban J connectivity index is 1.90. The average molecular weight is 421 g/mol. The van der Waals surface area contributed by atoms with E-state index in [1.807, 2.05) is 80.0 Å². The van der Waals surface area contributed by atoms with Crippen LogP contribution in [0.15, 0.2) is 48.5 Å². The van der Waals surface area contributed by atoms with Crippen molar-refractivity contribution in [3.05, 3.63) is 70.9 Å². The number of carbonyl (C=O) groups is 1. The molecular formula is C25H32N4O2. The predicted molar refractivity (Wildman–Crippen MR) is 124 cm³/mol. The van der Waals surface area contributed by atoms with Gasteiger partial charge in [0.05, 0.1) is 11.4 Å². The molecular weight excluding hydrogens is 388 g/mol. The summed E-state index contributed by atoms with van der Waals surface area (Å²) in [6, 6.07) is 16.0. The minimum absolute atomic E-state index is 0.0340. The van der Waals surface area contributed by atoms with Crippen molar-refractivity contribution in [2.75, 3.05) is 27.2 Å². The molecule has 6 nitrogen and oxygen atoms in total. The van der Waals surface area contributed by atoms with Crippen molar-refractivity contribution in [2.24, 2.45) is 0 Å². The fourth-order valence-electron chi connectivity index (χ4n) is 3.42. The largest absolute Gasteiger partial charge is 0.438 e. The minimum atomic E-state index is 0.0340. The molecule has 1 amide bonds. The zero-order valence-corrected chi connectivity index (χ0v) is 19.1. The van der Waals surface area contributed by atoms with Gasteiger partial charge in [-0.1, -0.05) is 36.4 Å². The second kappa shape index (κ2) is 10.3. The molecule has 0 radical (unpaired) electrons. The Kier molecular flexibility index (Phi) is 7.47. The molecule has 0 fully saturated rings. The van der Waals surface area contributed by atoms with Gasteiger partial charge in [-0.2, -0.15) is 9.78 Å². The molecule has 2 aromatic carbocycles. The first-order valence-corrected chi connectivity index (χ1v) is 10.7. The quantitative estimate of drug-likeness (QED) is 0.564. The number of nitrogens with one attached hydrogen (secondary N) is 1. The van der Waals surface area contributed by atoms with E-state index in [2.05, 4.69) is 18.3 Å². The van der Waals surface area contributed by atoms with Crippen molar-refractivity contribution in [2.45, 2.75) is 33.6 Å². The first kappa shape index (κ1) is 22.6. The van der Waals surface area contributed by atoms with Gasteiger partial charge < -0.3 is 15.0 Å². The molecule has 1 heterocycles. The van der Waals surface area contributed by atoms with E-state index < -0.39 is 0 Å². The minimum Gasteiger partial charge on any atom is -0.438 e. The Morgan fingerprint density at radius 2 is 1.71 bits per heavy atom. The van der Waals surface area contributed by atoms with Crippen molar-refractivity contribution >= 4 is 5.91 Å². The number of benzene rings is 2. The second-order valence-corrected chi connectivity index (χ2v) is 8.09. The molecule has 0 atom stereocenters. The van der Waals surface area contributed by atoms with Gasteiger partial charge in [0.15, 0.2) is 0 Å². The average Bonchev–Trinajstić information content (AvgIpc) is 3.03. The Bertz CT molecular complexity index is 1040. The summed E-state index contributed by atoms with van der Waals surface area (Å²) in [5.74, 6) is 1.49. The monoisotopic (exact) mass is 420 g/mol. The standard InChI is InChI=1S/C25H32N4O2/c1-18-10-6-8-12-22(18)29-25(31-23-13-9-7-11-19(23)2)21(20(3)27-29)14-15-24(30)26-16-17-28(4)5/h6-13H,14-17H2,1-5H3,(H,26,30). The molecule has 0 bridgehead atoms. The van der Waals surface area contributed by atoms with Crippen molar-refractivity contribution in [3.63, 3.8) is 0 Å². The van der Waals surface area contributed by atoms with Crippen molar-refractivity contribution < 1.29 is 9.53 Å². The summed E-state index contributed by atoms with van der Waals surface area (Å²) in [5.41, 5.74) is 4.94. The fourth-order valence-corrected chi connectivity index (χ4v) is 3.42. The summed E-state index contributed by atoms with van der Waals surface area (Å²) in [6.45, 7) is 7.51. The van der Waals surface area contributed by atoms with E-state index >= 15 is 0 Å². The molecule has 0 saturated heterocycles. The van der Waals surface area contributed by atoms with Crippen LogP contribution in [0.5, 0.6) is 11.6 Å². The van der Waals surface area contributed by atoms with E-state index in [0.717, 1.165) is 40.4 Å². The molecule has 31 heavy (non-hydrogen) atoms. The van der Waals surface area contributed by atoms with Gasteiger partial charge in [0.2, 0.25) is 11.8 Å². The summed E-state index contributed by atoms with van der Waals surface area (Å²) < 4.78 is 8.27. The van der Waals surface area contributed by atoms with Gasteiger partial charge in [0.25, 0.3) is 0 Å². The van der Waals surface area contributed by atoms with E-state index in [0.29, 0.717) is 25.3 Å². The number of rotatable bonds is 9. The number of aryl methyl sites for hydroxylation is 3. The maximum absolute atomic E-state index is 12.4. The van der Waals surface area contributed by atoms with Crippen LogP contribution in [0.3, 0.4) is 0 Å². The Hall–Kier alpha value is -3.12. The molecule has 3 aromatic rings. The number of hydrogen-bond acceptors (Lipinski definition) is 4. The van der Waals surface area contributed by atoms with E-state index in [4.69, 9.17) is 9.84 Å². The van der Waals surface area contributed by atoms with Crippen molar-refractivity contribution in [3.8, 4) is 17.3 Å². The van der Waals surface area contributed by atoms with Crippen LogP contribution >= 0.6 is 0 Å². The number of likely N-dealkylation sites (N-methyl/N-ethyl adjacent to an activating group) is 1. The van der Waals surface area contributed by atoms with E-state index in [9.17, 15) is 4.79 Å². The van der Waals surface area contributed by atoms with Crippen molar-refractivity contribution in [1.82, 2.24) is 20.0 Å². The Morgan fingerprint density at radius 3 is 2.39 bits per heavy atom. The highest BCUT2D eigenvalue weighted by Crippen LogP contribution is 2.33. The van der Waals surface area contributed by atoms with E-state index in [-0.39, 0.29) is 5.91 Å². The first-order chi connectivity index (χ1) is 14.9. The number of amides is 1. The highest BCUT2D eigenvalue weighted by atomic mass is 16.5. The predicted octanol–water partition coefficient (Wildman–Crippen LogP) is 4.20. The van der Waals surface area contributed by atoms with Gasteiger partial charge in [-0.15, -0.1) is 0 Å². The Labute approximate surface area is 184 Å².